The molecule has 0 heterocycles. The van der Waals surface area contributed by atoms with Crippen molar-refractivity contribution < 1.29 is 9.47 Å². The van der Waals surface area contributed by atoms with Crippen molar-refractivity contribution in [1.82, 2.24) is 0 Å². The van der Waals surface area contributed by atoms with Crippen molar-refractivity contribution in [3.05, 3.63) is 58.1 Å². The molecular weight excluding hydrogens is 368 g/mol. The molecule has 0 fully saturated rings. The van der Waals surface area contributed by atoms with Gasteiger partial charge in [-0.25, -0.2) is 0 Å². The van der Waals surface area contributed by atoms with E-state index in [0.717, 1.165) is 22.9 Å². The fourth-order valence-corrected chi connectivity index (χ4v) is 3.10. The van der Waals surface area contributed by atoms with Crippen molar-refractivity contribution in [2.24, 2.45) is 11.5 Å². The van der Waals surface area contributed by atoms with E-state index < -0.39 is 5.54 Å². The second-order valence-electron chi connectivity index (χ2n) is 6.21. The Morgan fingerprint density at radius 3 is 2.58 bits per heavy atom. The summed E-state index contributed by atoms with van der Waals surface area (Å²) in [7, 11) is 0. The third kappa shape index (κ3) is 5.53. The lowest BCUT2D eigenvalue weighted by Crippen LogP contribution is -2.55. The van der Waals surface area contributed by atoms with Crippen LogP contribution in [0.4, 0.5) is 0 Å². The highest BCUT2D eigenvalue weighted by atomic mass is 79.9. The van der Waals surface area contributed by atoms with Crippen LogP contribution in [0, 0.1) is 0 Å². The Morgan fingerprint density at radius 2 is 1.83 bits per heavy atom. The van der Waals surface area contributed by atoms with Gasteiger partial charge in [0.2, 0.25) is 0 Å². The van der Waals surface area contributed by atoms with Gasteiger partial charge in [-0.3, -0.25) is 0 Å². The number of ether oxygens (including phenoxy) is 2. The summed E-state index contributed by atoms with van der Waals surface area (Å²) in [5.41, 5.74) is 14.5. The molecule has 2 rings (SSSR count). The lowest BCUT2D eigenvalue weighted by Gasteiger charge is -2.36. The number of halogens is 1. The molecule has 0 amide bonds. The van der Waals surface area contributed by atoms with Crippen LogP contribution in [0.5, 0.6) is 0 Å². The SMILES string of the molecule is CC1=C(Br)C=CC(N)(CCCOCCOCc2ccccc2)C1N. The van der Waals surface area contributed by atoms with Gasteiger partial charge in [-0.1, -0.05) is 58.4 Å². The zero-order valence-electron chi connectivity index (χ0n) is 14.2. The molecule has 0 aliphatic heterocycles. The molecule has 24 heavy (non-hydrogen) atoms. The number of benzene rings is 1. The van der Waals surface area contributed by atoms with Gasteiger partial charge in [0.1, 0.15) is 0 Å². The molecule has 0 spiro atoms. The Kier molecular flexibility index (Phi) is 7.65. The van der Waals surface area contributed by atoms with Crippen LogP contribution in [-0.4, -0.2) is 31.4 Å². The Bertz CT molecular complexity index is 574. The fraction of sp³-hybridized carbons (Fsp3) is 0.474. The minimum atomic E-state index is -0.492. The van der Waals surface area contributed by atoms with Gasteiger partial charge in [-0.05, 0) is 30.9 Å². The highest BCUT2D eigenvalue weighted by molar-refractivity contribution is 9.11. The maximum Gasteiger partial charge on any atom is 0.0718 e. The van der Waals surface area contributed by atoms with Gasteiger partial charge < -0.3 is 20.9 Å². The maximum atomic E-state index is 6.44. The minimum absolute atomic E-state index is 0.161. The highest BCUT2D eigenvalue weighted by Gasteiger charge is 2.33. The second-order valence-corrected chi connectivity index (χ2v) is 7.06. The molecule has 2 unspecified atom stereocenters. The zero-order chi connectivity index (χ0) is 17.4. The molecule has 1 aliphatic rings. The molecule has 4 N–H and O–H groups in total. The van der Waals surface area contributed by atoms with E-state index in [-0.39, 0.29) is 6.04 Å². The highest BCUT2D eigenvalue weighted by Crippen LogP contribution is 2.30. The van der Waals surface area contributed by atoms with Crippen molar-refractivity contribution in [3.63, 3.8) is 0 Å². The summed E-state index contributed by atoms with van der Waals surface area (Å²) in [5.74, 6) is 0. The first kappa shape index (κ1) is 19.3. The summed E-state index contributed by atoms with van der Waals surface area (Å²) in [6.07, 6.45) is 5.67. The summed E-state index contributed by atoms with van der Waals surface area (Å²) in [6.45, 7) is 4.49. The molecule has 1 aliphatic carbocycles. The van der Waals surface area contributed by atoms with E-state index in [1.165, 1.54) is 5.56 Å². The molecule has 0 saturated carbocycles. The topological polar surface area (TPSA) is 70.5 Å². The lowest BCUT2D eigenvalue weighted by molar-refractivity contribution is 0.0383. The molecule has 0 saturated heterocycles. The Morgan fingerprint density at radius 1 is 1.12 bits per heavy atom. The third-order valence-corrected chi connectivity index (χ3v) is 5.23. The first-order valence-corrected chi connectivity index (χ1v) is 9.11. The average molecular weight is 395 g/mol. The van der Waals surface area contributed by atoms with Crippen molar-refractivity contribution in [1.29, 1.82) is 0 Å². The first-order chi connectivity index (χ1) is 11.5. The van der Waals surface area contributed by atoms with Crippen molar-refractivity contribution in [2.75, 3.05) is 19.8 Å². The van der Waals surface area contributed by atoms with Gasteiger partial charge in [0.25, 0.3) is 0 Å². The second kappa shape index (κ2) is 9.49. The monoisotopic (exact) mass is 394 g/mol. The summed E-state index contributed by atoms with van der Waals surface area (Å²) in [6, 6.07) is 9.97. The van der Waals surface area contributed by atoms with E-state index in [2.05, 4.69) is 28.1 Å². The normalized spacial score (nSPS) is 23.8. The standard InChI is InChI=1S/C19H27BrN2O2/c1-15-17(20)8-10-19(22,18(15)21)9-5-11-23-12-13-24-14-16-6-3-2-4-7-16/h2-4,6-8,10,18H,5,9,11-14,21-22H2,1H3. The van der Waals surface area contributed by atoms with Gasteiger partial charge in [0.05, 0.1) is 25.4 Å². The predicted octanol–water partition coefficient (Wildman–Crippen LogP) is 3.26. The van der Waals surface area contributed by atoms with Crippen LogP contribution in [0.1, 0.15) is 25.3 Å². The number of allylic oxidation sites excluding steroid dienone is 2. The molecule has 5 heteroatoms. The van der Waals surface area contributed by atoms with Crippen LogP contribution in [0.15, 0.2) is 52.5 Å². The lowest BCUT2D eigenvalue weighted by atomic mass is 9.80. The largest absolute Gasteiger partial charge is 0.379 e. The quantitative estimate of drug-likeness (QED) is 0.630. The van der Waals surface area contributed by atoms with Gasteiger partial charge in [-0.15, -0.1) is 0 Å². The van der Waals surface area contributed by atoms with Crippen LogP contribution in [0.3, 0.4) is 0 Å². The summed E-state index contributed by atoms with van der Waals surface area (Å²) in [4.78, 5) is 0. The summed E-state index contributed by atoms with van der Waals surface area (Å²) < 4.78 is 12.2. The van der Waals surface area contributed by atoms with Crippen molar-refractivity contribution in [2.45, 2.75) is 38.0 Å². The summed E-state index contributed by atoms with van der Waals surface area (Å²) in [5, 5.41) is 0. The van der Waals surface area contributed by atoms with Crippen molar-refractivity contribution >= 4 is 15.9 Å². The number of hydrogen-bond acceptors (Lipinski definition) is 4. The average Bonchev–Trinajstić information content (AvgIpc) is 2.60. The molecule has 0 bridgehead atoms. The Labute approximate surface area is 153 Å². The van der Waals surface area contributed by atoms with Crippen LogP contribution in [-0.2, 0) is 16.1 Å². The van der Waals surface area contributed by atoms with E-state index in [4.69, 9.17) is 20.9 Å². The molecule has 4 nitrogen and oxygen atoms in total. The smallest absolute Gasteiger partial charge is 0.0718 e. The predicted molar refractivity (Wildman–Crippen MR) is 102 cm³/mol. The van der Waals surface area contributed by atoms with Crippen LogP contribution < -0.4 is 11.5 Å². The molecular formula is C19H27BrN2O2. The third-order valence-electron chi connectivity index (χ3n) is 4.34. The number of nitrogens with two attached hydrogens (primary N) is 2. The van der Waals surface area contributed by atoms with Gasteiger partial charge >= 0.3 is 0 Å². The Balaban J connectivity index is 1.56. The Hall–Kier alpha value is -0.980. The van der Waals surface area contributed by atoms with Gasteiger partial charge in [0.15, 0.2) is 0 Å². The van der Waals surface area contributed by atoms with E-state index in [9.17, 15) is 0 Å². The molecule has 1 aromatic carbocycles. The van der Waals surface area contributed by atoms with E-state index in [1.54, 1.807) is 0 Å². The summed E-state index contributed by atoms with van der Waals surface area (Å²) >= 11 is 3.50. The maximum absolute atomic E-state index is 6.44. The fourth-order valence-electron chi connectivity index (χ4n) is 2.72. The van der Waals surface area contributed by atoms with E-state index in [0.29, 0.717) is 26.4 Å². The molecule has 132 valence electrons. The molecule has 0 aromatic heterocycles. The molecule has 1 aromatic rings. The first-order valence-electron chi connectivity index (χ1n) is 8.32. The van der Waals surface area contributed by atoms with Crippen molar-refractivity contribution in [3.8, 4) is 0 Å². The number of hydrogen-bond donors (Lipinski definition) is 2. The van der Waals surface area contributed by atoms with Gasteiger partial charge in [-0.2, -0.15) is 0 Å². The molecule has 2 atom stereocenters. The van der Waals surface area contributed by atoms with Crippen LogP contribution in [0.25, 0.3) is 0 Å². The van der Waals surface area contributed by atoms with E-state index in [1.807, 2.05) is 37.3 Å². The van der Waals surface area contributed by atoms with Crippen LogP contribution in [0.2, 0.25) is 0 Å². The zero-order valence-corrected chi connectivity index (χ0v) is 15.8. The van der Waals surface area contributed by atoms with Gasteiger partial charge in [0, 0.05) is 17.1 Å². The molecule has 0 radical (unpaired) electrons. The number of rotatable bonds is 9. The van der Waals surface area contributed by atoms with Crippen LogP contribution >= 0.6 is 15.9 Å². The minimum Gasteiger partial charge on any atom is -0.379 e. The van der Waals surface area contributed by atoms with E-state index >= 15 is 0 Å².